The number of carbonyl (C=O) groups excluding carboxylic acids is 1. The van der Waals surface area contributed by atoms with Crippen molar-refractivity contribution in [1.82, 2.24) is 35.0 Å². The summed E-state index contributed by atoms with van der Waals surface area (Å²) in [6.07, 6.45) is 5.10. The Morgan fingerprint density at radius 1 is 1.00 bits per heavy atom. The third-order valence-corrected chi connectivity index (χ3v) is 4.29. The van der Waals surface area contributed by atoms with Gasteiger partial charge < -0.3 is 5.32 Å². The highest BCUT2D eigenvalue weighted by molar-refractivity contribution is 5.93. The molecule has 4 aromatic rings. The van der Waals surface area contributed by atoms with Gasteiger partial charge in [-0.15, -0.1) is 5.10 Å². The first kappa shape index (κ1) is 17.5. The third kappa shape index (κ3) is 4.26. The van der Waals surface area contributed by atoms with Gasteiger partial charge in [-0.2, -0.15) is 5.10 Å². The molecular formula is C19H18N8O. The highest BCUT2D eigenvalue weighted by atomic mass is 16.2. The van der Waals surface area contributed by atoms with Crippen LogP contribution in [0.4, 0.5) is 5.69 Å². The van der Waals surface area contributed by atoms with Crippen molar-refractivity contribution in [3.63, 3.8) is 0 Å². The summed E-state index contributed by atoms with van der Waals surface area (Å²) in [7, 11) is 0. The van der Waals surface area contributed by atoms with E-state index >= 15 is 0 Å². The number of rotatable bonds is 7. The highest BCUT2D eigenvalue weighted by Crippen LogP contribution is 2.17. The molecule has 9 heteroatoms. The Hall–Kier alpha value is -3.88. The molecule has 0 unspecified atom stereocenters. The van der Waals surface area contributed by atoms with E-state index < -0.39 is 6.04 Å². The molecule has 0 aliphatic rings. The van der Waals surface area contributed by atoms with Crippen LogP contribution in [0.15, 0.2) is 73.6 Å². The SMILES string of the molecule is O=C(Nc1ccc(Cn2cncn2)cc1)[C@@H](Cc1ccccc1)n1cnnn1. The van der Waals surface area contributed by atoms with Crippen LogP contribution in [-0.2, 0) is 17.8 Å². The van der Waals surface area contributed by atoms with Gasteiger partial charge in [0.15, 0.2) is 0 Å². The number of anilines is 1. The number of nitrogens with one attached hydrogen (secondary N) is 1. The zero-order chi connectivity index (χ0) is 19.2. The Balaban J connectivity index is 1.46. The average molecular weight is 374 g/mol. The van der Waals surface area contributed by atoms with Crippen molar-refractivity contribution in [3.05, 3.63) is 84.7 Å². The molecule has 0 radical (unpaired) electrons. The largest absolute Gasteiger partial charge is 0.324 e. The Bertz CT molecular complexity index is 998. The summed E-state index contributed by atoms with van der Waals surface area (Å²) < 4.78 is 3.21. The lowest BCUT2D eigenvalue weighted by molar-refractivity contribution is -0.119. The molecule has 4 rings (SSSR count). The molecule has 0 aliphatic carbocycles. The van der Waals surface area contributed by atoms with Crippen molar-refractivity contribution in [3.8, 4) is 0 Å². The van der Waals surface area contributed by atoms with Gasteiger partial charge in [-0.1, -0.05) is 42.5 Å². The lowest BCUT2D eigenvalue weighted by Crippen LogP contribution is -2.28. The molecule has 0 saturated carbocycles. The van der Waals surface area contributed by atoms with Gasteiger partial charge >= 0.3 is 0 Å². The van der Waals surface area contributed by atoms with Gasteiger partial charge in [-0.25, -0.2) is 14.3 Å². The van der Waals surface area contributed by atoms with E-state index in [1.54, 1.807) is 11.0 Å². The Morgan fingerprint density at radius 2 is 1.82 bits per heavy atom. The number of amides is 1. The summed E-state index contributed by atoms with van der Waals surface area (Å²) in [6.45, 7) is 0.621. The summed E-state index contributed by atoms with van der Waals surface area (Å²) in [5.74, 6) is -0.180. The van der Waals surface area contributed by atoms with Crippen LogP contribution in [-0.4, -0.2) is 40.9 Å². The van der Waals surface area contributed by atoms with E-state index in [1.807, 2.05) is 54.6 Å². The van der Waals surface area contributed by atoms with E-state index in [4.69, 9.17) is 0 Å². The summed E-state index contributed by atoms with van der Waals surface area (Å²) in [4.78, 5) is 16.8. The smallest absolute Gasteiger partial charge is 0.249 e. The molecule has 0 saturated heterocycles. The lowest BCUT2D eigenvalue weighted by atomic mass is 10.1. The van der Waals surface area contributed by atoms with Crippen LogP contribution in [0.5, 0.6) is 0 Å². The lowest BCUT2D eigenvalue weighted by Gasteiger charge is -2.16. The molecular weight excluding hydrogens is 356 g/mol. The van der Waals surface area contributed by atoms with E-state index in [9.17, 15) is 4.79 Å². The number of tetrazole rings is 1. The average Bonchev–Trinajstić information content (AvgIpc) is 3.43. The molecule has 0 spiro atoms. The maximum absolute atomic E-state index is 12.9. The molecule has 28 heavy (non-hydrogen) atoms. The second-order valence-electron chi connectivity index (χ2n) is 6.27. The van der Waals surface area contributed by atoms with Gasteiger partial charge in [0, 0.05) is 12.1 Å². The van der Waals surface area contributed by atoms with Crippen LogP contribution >= 0.6 is 0 Å². The Kier molecular flexibility index (Phi) is 5.14. The fraction of sp³-hybridized carbons (Fsp3) is 0.158. The molecule has 2 aromatic carbocycles. The first-order valence-electron chi connectivity index (χ1n) is 8.76. The molecule has 1 atom stereocenters. The van der Waals surface area contributed by atoms with Gasteiger partial charge in [0.2, 0.25) is 5.91 Å². The van der Waals surface area contributed by atoms with Crippen molar-refractivity contribution >= 4 is 11.6 Å². The number of nitrogens with zero attached hydrogens (tertiary/aromatic N) is 7. The van der Waals surface area contributed by atoms with E-state index in [0.717, 1.165) is 11.1 Å². The van der Waals surface area contributed by atoms with Crippen molar-refractivity contribution in [2.24, 2.45) is 0 Å². The van der Waals surface area contributed by atoms with Crippen LogP contribution in [0.3, 0.4) is 0 Å². The van der Waals surface area contributed by atoms with Crippen molar-refractivity contribution in [2.45, 2.75) is 19.0 Å². The summed E-state index contributed by atoms with van der Waals surface area (Å²) >= 11 is 0. The van der Waals surface area contributed by atoms with Crippen molar-refractivity contribution < 1.29 is 4.79 Å². The normalized spacial score (nSPS) is 11.9. The van der Waals surface area contributed by atoms with Crippen LogP contribution in [0.25, 0.3) is 0 Å². The van der Waals surface area contributed by atoms with E-state index in [1.165, 1.54) is 17.3 Å². The summed E-state index contributed by atoms with van der Waals surface area (Å²) in [5, 5.41) is 18.3. The molecule has 0 fully saturated rings. The molecule has 9 nitrogen and oxygen atoms in total. The molecule has 140 valence electrons. The van der Waals surface area contributed by atoms with E-state index in [-0.39, 0.29) is 5.91 Å². The summed E-state index contributed by atoms with van der Waals surface area (Å²) in [5.41, 5.74) is 2.80. The maximum Gasteiger partial charge on any atom is 0.249 e. The molecule has 0 bridgehead atoms. The highest BCUT2D eigenvalue weighted by Gasteiger charge is 2.22. The topological polar surface area (TPSA) is 103 Å². The van der Waals surface area contributed by atoms with Crippen LogP contribution in [0.2, 0.25) is 0 Å². The predicted octanol–water partition coefficient (Wildman–Crippen LogP) is 1.74. The minimum atomic E-state index is -0.549. The van der Waals surface area contributed by atoms with Crippen LogP contribution in [0.1, 0.15) is 17.2 Å². The number of aromatic nitrogens is 7. The standard InChI is InChI=1S/C19H18N8O/c28-19(18(27-14-21-24-25-27)10-15-4-2-1-3-5-15)23-17-8-6-16(7-9-17)11-26-13-20-12-22-26/h1-9,12-14,18H,10-11H2,(H,23,28)/t18-/m1/s1. The fourth-order valence-corrected chi connectivity index (χ4v) is 2.88. The zero-order valence-electron chi connectivity index (χ0n) is 15.0. The minimum Gasteiger partial charge on any atom is -0.324 e. The maximum atomic E-state index is 12.9. The summed E-state index contributed by atoms with van der Waals surface area (Å²) in [6, 6.07) is 16.8. The number of hydrogen-bond donors (Lipinski definition) is 1. The minimum absolute atomic E-state index is 0.180. The van der Waals surface area contributed by atoms with Crippen molar-refractivity contribution in [2.75, 3.05) is 5.32 Å². The Morgan fingerprint density at radius 3 is 2.50 bits per heavy atom. The third-order valence-electron chi connectivity index (χ3n) is 4.29. The molecule has 1 N–H and O–H groups in total. The van der Waals surface area contributed by atoms with E-state index in [2.05, 4.69) is 30.9 Å². The van der Waals surface area contributed by atoms with Gasteiger partial charge in [0.1, 0.15) is 25.0 Å². The first-order valence-corrected chi connectivity index (χ1v) is 8.76. The molecule has 2 aromatic heterocycles. The number of carbonyl (C=O) groups is 1. The number of hydrogen-bond acceptors (Lipinski definition) is 6. The quantitative estimate of drug-likeness (QED) is 0.528. The van der Waals surface area contributed by atoms with Crippen molar-refractivity contribution in [1.29, 1.82) is 0 Å². The first-order chi connectivity index (χ1) is 13.8. The van der Waals surface area contributed by atoms with E-state index in [0.29, 0.717) is 18.7 Å². The van der Waals surface area contributed by atoms with Gasteiger partial charge in [0.25, 0.3) is 0 Å². The number of benzene rings is 2. The van der Waals surface area contributed by atoms with Crippen LogP contribution < -0.4 is 5.32 Å². The Labute approximate surface area is 161 Å². The fourth-order valence-electron chi connectivity index (χ4n) is 2.88. The predicted molar refractivity (Wildman–Crippen MR) is 101 cm³/mol. The second kappa shape index (κ2) is 8.21. The zero-order valence-corrected chi connectivity index (χ0v) is 15.0. The van der Waals surface area contributed by atoms with Gasteiger partial charge in [0.05, 0.1) is 6.54 Å². The van der Waals surface area contributed by atoms with Gasteiger partial charge in [-0.3, -0.25) is 4.79 Å². The molecule has 2 heterocycles. The molecule has 1 amide bonds. The van der Waals surface area contributed by atoms with Gasteiger partial charge in [-0.05, 0) is 33.7 Å². The van der Waals surface area contributed by atoms with Crippen LogP contribution in [0, 0.1) is 0 Å². The monoisotopic (exact) mass is 374 g/mol. The second-order valence-corrected chi connectivity index (χ2v) is 6.27. The molecule has 0 aliphatic heterocycles.